The smallest absolute Gasteiger partial charge is 0.307 e. The molecule has 24 heteroatoms. The second-order valence-electron chi connectivity index (χ2n) is 41.5. The van der Waals surface area contributed by atoms with E-state index in [4.69, 9.17) is 28.4 Å². The Morgan fingerprint density at radius 2 is 0.444 bits per heavy atom. The van der Waals surface area contributed by atoms with Crippen LogP contribution < -0.4 is 10.6 Å². The predicted octanol–water partition coefficient (Wildman–Crippen LogP) is 27.7. The molecule has 142 heavy (non-hydrogen) atoms. The lowest BCUT2D eigenvalue weighted by molar-refractivity contribution is -0.146. The van der Waals surface area contributed by atoms with Gasteiger partial charge >= 0.3 is 41.8 Å². The summed E-state index contributed by atoms with van der Waals surface area (Å²) in [6, 6.07) is -0.892. The molecule has 0 bridgehead atoms. The van der Waals surface area contributed by atoms with Crippen LogP contribution in [-0.4, -0.2) is 222 Å². The molecule has 0 fully saturated rings. The highest BCUT2D eigenvalue weighted by atomic mass is 16.5. The molecule has 3 unspecified atom stereocenters. The predicted molar refractivity (Wildman–Crippen MR) is 582 cm³/mol. The fraction of sp³-hybridized carbons (Fsp3) is 0.907. The fourth-order valence-electron chi connectivity index (χ4n) is 19.0. The van der Waals surface area contributed by atoms with Crippen LogP contribution in [0, 0.1) is 11.8 Å². The molecule has 0 aliphatic rings. The van der Waals surface area contributed by atoms with Gasteiger partial charge in [-0.25, -0.2) is 0 Å². The second-order valence-corrected chi connectivity index (χ2v) is 41.5. The van der Waals surface area contributed by atoms with Crippen molar-refractivity contribution < 1.29 is 86.3 Å². The Bertz CT molecular complexity index is 2820. The van der Waals surface area contributed by atoms with Crippen LogP contribution in [-0.2, 0) is 81.2 Å². The van der Waals surface area contributed by atoms with Gasteiger partial charge in [0.05, 0.1) is 91.1 Å². The molecule has 0 aromatic carbocycles. The normalized spacial score (nSPS) is 12.2. The number of unbranched alkanes of at least 4 members (excludes halogenated alkanes) is 57. The SMILES string of the molecule is CCCCCCCCCCCCNC(=O)CCN(CCC(=O)NCCCCCCCCCCCC)C(CCCCN(CCC(=O)OCCCCCCCCCCCC)CCC(=O)OCCCCCCCCCCCC)C(=O)CC(CCCCN(CCC(=O)OCCCCCCCCCCCC)CCC(=O)OCCCCCCCCCCCC)C(=O)CC(CCCCN(CCC(=O)OC)CCC(=O)OC)C(=O)O. The van der Waals surface area contributed by atoms with Crippen LogP contribution in [0.2, 0.25) is 0 Å². The van der Waals surface area contributed by atoms with Gasteiger partial charge in [0.15, 0.2) is 5.78 Å². The maximum absolute atomic E-state index is 16.2. The molecule has 0 saturated carbocycles. The Morgan fingerprint density at radius 1 is 0.225 bits per heavy atom. The third kappa shape index (κ3) is 91.8. The Labute approximate surface area is 869 Å². The molecule has 0 aromatic rings. The number of hydrogen-bond donors (Lipinski definition) is 3. The molecule has 2 amide bonds. The topological polar surface area (TPSA) is 300 Å². The molecule has 0 aliphatic carbocycles. The maximum atomic E-state index is 16.2. The third-order valence-corrected chi connectivity index (χ3v) is 28.5. The van der Waals surface area contributed by atoms with Crippen LogP contribution >= 0.6 is 0 Å². The summed E-state index contributed by atoms with van der Waals surface area (Å²) in [6.45, 7) is 19.3. The molecule has 832 valence electrons. The van der Waals surface area contributed by atoms with E-state index in [-0.39, 0.29) is 144 Å². The molecule has 3 atom stereocenters. The van der Waals surface area contributed by atoms with E-state index in [9.17, 15) is 48.3 Å². The van der Waals surface area contributed by atoms with Crippen LogP contribution in [0.25, 0.3) is 0 Å². The molecule has 0 spiro atoms. The van der Waals surface area contributed by atoms with E-state index >= 15 is 9.59 Å². The molecular formula is C118H222N6O18. The van der Waals surface area contributed by atoms with Crippen molar-refractivity contribution >= 4 is 65.2 Å². The second kappa shape index (κ2) is 105. The number of aliphatic carboxylic acids is 1. The first-order chi connectivity index (χ1) is 69.3. The van der Waals surface area contributed by atoms with E-state index in [1.54, 1.807) is 0 Å². The van der Waals surface area contributed by atoms with Gasteiger partial charge in [0.2, 0.25) is 11.8 Å². The number of esters is 6. The van der Waals surface area contributed by atoms with Gasteiger partial charge in [-0.15, -0.1) is 0 Å². The van der Waals surface area contributed by atoms with Gasteiger partial charge in [0, 0.05) is 97.0 Å². The number of nitrogens with one attached hydrogen (secondary N) is 2. The highest BCUT2D eigenvalue weighted by molar-refractivity contribution is 5.92. The van der Waals surface area contributed by atoms with Crippen molar-refractivity contribution in [2.45, 2.75) is 555 Å². The number of ketones is 2. The highest BCUT2D eigenvalue weighted by Crippen LogP contribution is 2.28. The van der Waals surface area contributed by atoms with Crippen LogP contribution in [0.15, 0.2) is 0 Å². The number of amides is 2. The average Bonchev–Trinajstić information content (AvgIpc) is 0.852. The molecule has 0 radical (unpaired) electrons. The van der Waals surface area contributed by atoms with Crippen LogP contribution in [0.4, 0.5) is 0 Å². The first-order valence-corrected chi connectivity index (χ1v) is 59.8. The standard InChI is InChI=1S/C118H222N6O18/c1-9-15-21-27-33-39-45-51-57-66-86-119-110(127)78-97-124(98-79-111(128)120-87-67-58-52-46-40-34-28-22-16-10-2)107(77-65-70-90-123(95-84-116(133)141-101-73-61-55-49-43-37-31-25-19-13-5)96-85-117(134)142-102-74-62-56-50-44-38-32-26-20-14-6)109(126)103-105(108(125)104-106(118(135)136)76-64-69-89-121(91-80-112(129)137-7)92-81-113(130)138-8)75-63-68-88-122(93-82-114(131)139-99-71-59-53-47-41-35-29-23-17-11-3)94-83-115(132)140-100-72-60-54-48-42-36-30-24-18-12-4/h105-107H,9-104H2,1-8H3,(H,119,127)(H,120,128)(H,135,136). The van der Waals surface area contributed by atoms with Gasteiger partial charge in [-0.2, -0.15) is 0 Å². The zero-order chi connectivity index (χ0) is 104. The van der Waals surface area contributed by atoms with E-state index in [1.807, 2.05) is 9.80 Å². The summed E-state index contributed by atoms with van der Waals surface area (Å²) < 4.78 is 33.1. The van der Waals surface area contributed by atoms with E-state index in [0.717, 1.165) is 128 Å². The van der Waals surface area contributed by atoms with Crippen molar-refractivity contribution in [1.82, 2.24) is 30.2 Å². The van der Waals surface area contributed by atoms with Crippen LogP contribution in [0.3, 0.4) is 0 Å². The van der Waals surface area contributed by atoms with E-state index in [1.165, 1.54) is 271 Å². The number of carboxylic acids is 1. The summed E-state index contributed by atoms with van der Waals surface area (Å²) in [4.78, 5) is 161. The minimum absolute atomic E-state index is 0.0434. The summed E-state index contributed by atoms with van der Waals surface area (Å²) in [5.41, 5.74) is 0. The van der Waals surface area contributed by atoms with Crippen molar-refractivity contribution in [3.63, 3.8) is 0 Å². The molecule has 0 aromatic heterocycles. The average molecular weight is 2010 g/mol. The van der Waals surface area contributed by atoms with Crippen molar-refractivity contribution in [1.29, 1.82) is 0 Å². The Morgan fingerprint density at radius 3 is 0.690 bits per heavy atom. The van der Waals surface area contributed by atoms with Crippen molar-refractivity contribution in [3.05, 3.63) is 0 Å². The Hall–Kier alpha value is -5.59. The lowest BCUT2D eigenvalue weighted by Crippen LogP contribution is -2.45. The molecule has 0 rings (SSSR count). The molecule has 0 heterocycles. The molecule has 0 saturated heterocycles. The summed E-state index contributed by atoms with van der Waals surface area (Å²) in [5.74, 6) is -6.22. The quantitative estimate of drug-likeness (QED) is 0.0289. The molecule has 24 nitrogen and oxygen atoms in total. The lowest BCUT2D eigenvalue weighted by Gasteiger charge is -2.32. The van der Waals surface area contributed by atoms with Crippen LogP contribution in [0.1, 0.15) is 549 Å². The van der Waals surface area contributed by atoms with Gasteiger partial charge in [-0.1, -0.05) is 408 Å². The van der Waals surface area contributed by atoms with Gasteiger partial charge in [0.25, 0.3) is 0 Å². The Kier molecular flexibility index (Phi) is 101. The zero-order valence-electron chi connectivity index (χ0n) is 93.3. The minimum Gasteiger partial charge on any atom is -0.481 e. The first-order valence-electron chi connectivity index (χ1n) is 59.8. The summed E-state index contributed by atoms with van der Waals surface area (Å²) in [5, 5.41) is 17.4. The number of carboxylic acid groups (broad SMARTS) is 1. The number of carbonyl (C=O) groups excluding carboxylic acids is 10. The lowest BCUT2D eigenvalue weighted by atomic mass is 9.84. The number of methoxy groups -OCH3 is 2. The highest BCUT2D eigenvalue weighted by Gasteiger charge is 2.34. The van der Waals surface area contributed by atoms with Gasteiger partial charge < -0.3 is 58.9 Å². The third-order valence-electron chi connectivity index (χ3n) is 28.5. The number of nitrogens with zero attached hydrogens (tertiary/aromatic N) is 4. The zero-order valence-corrected chi connectivity index (χ0v) is 93.3. The van der Waals surface area contributed by atoms with Crippen molar-refractivity contribution in [2.24, 2.45) is 11.8 Å². The largest absolute Gasteiger partial charge is 0.481 e. The van der Waals surface area contributed by atoms with Crippen LogP contribution in [0.5, 0.6) is 0 Å². The molecular weight excluding hydrogens is 1790 g/mol. The number of hydrogen-bond acceptors (Lipinski definition) is 21. The van der Waals surface area contributed by atoms with Gasteiger partial charge in [0.1, 0.15) is 5.78 Å². The number of rotatable bonds is 113. The van der Waals surface area contributed by atoms with Crippen molar-refractivity contribution in [2.75, 3.05) is 126 Å². The minimum atomic E-state index is -1.15. The fourth-order valence-corrected chi connectivity index (χ4v) is 19.0. The van der Waals surface area contributed by atoms with E-state index in [2.05, 4.69) is 62.0 Å². The summed E-state index contributed by atoms with van der Waals surface area (Å²) in [6.07, 6.45) is 73.1. The number of carbonyl (C=O) groups is 11. The summed E-state index contributed by atoms with van der Waals surface area (Å²) in [7, 11) is 2.63. The molecule has 0 aliphatic heterocycles. The number of ether oxygens (including phenoxy) is 6. The van der Waals surface area contributed by atoms with Crippen molar-refractivity contribution in [3.8, 4) is 0 Å². The van der Waals surface area contributed by atoms with E-state index < -0.39 is 35.8 Å². The molecule has 3 N–H and O–H groups in total. The maximum Gasteiger partial charge on any atom is 0.307 e. The van der Waals surface area contributed by atoms with Gasteiger partial charge in [-0.05, 0) is 96.7 Å². The van der Waals surface area contributed by atoms with Gasteiger partial charge in [-0.3, -0.25) is 57.6 Å². The summed E-state index contributed by atoms with van der Waals surface area (Å²) >= 11 is 0. The Balaban J connectivity index is 8.01. The van der Waals surface area contributed by atoms with E-state index in [0.29, 0.717) is 137 Å². The monoisotopic (exact) mass is 2010 g/mol. The first kappa shape index (κ1) is 136. The number of Topliss-reactive ketones (excluding diaryl/α,β-unsaturated/α-hetero) is 2.